The Hall–Kier alpha value is -2.63. The third-order valence-electron chi connectivity index (χ3n) is 6.62. The number of anilines is 2. The number of carbonyl (C=O) groups is 1. The lowest BCUT2D eigenvalue weighted by atomic mass is 10.0. The van der Waals surface area contributed by atoms with E-state index in [2.05, 4.69) is 9.80 Å². The van der Waals surface area contributed by atoms with E-state index in [9.17, 15) is 4.79 Å². The number of rotatable bonds is 4. The minimum Gasteiger partial charge on any atom is -0.356 e. The molecule has 0 unspecified atom stereocenters. The lowest BCUT2D eigenvalue weighted by Crippen LogP contribution is -2.39. The molecule has 0 bridgehead atoms. The van der Waals surface area contributed by atoms with Crippen molar-refractivity contribution in [2.75, 3.05) is 42.5 Å². The van der Waals surface area contributed by atoms with Gasteiger partial charge >= 0.3 is 0 Å². The van der Waals surface area contributed by atoms with Gasteiger partial charge in [-0.2, -0.15) is 4.98 Å². The first-order chi connectivity index (χ1) is 14.8. The maximum absolute atomic E-state index is 13.0. The predicted molar refractivity (Wildman–Crippen MR) is 119 cm³/mol. The van der Waals surface area contributed by atoms with Gasteiger partial charge < -0.3 is 14.7 Å². The van der Waals surface area contributed by atoms with Gasteiger partial charge in [0.05, 0.1) is 18.7 Å². The number of carbonyl (C=O) groups excluding carboxylic acids is 1. The molecule has 3 aliphatic rings. The van der Waals surface area contributed by atoms with Gasteiger partial charge in [0, 0.05) is 44.7 Å². The Labute approximate surface area is 178 Å². The molecule has 0 aliphatic carbocycles. The highest BCUT2D eigenvalue weighted by atomic mass is 16.2. The molecule has 6 heteroatoms. The lowest BCUT2D eigenvalue weighted by Gasteiger charge is -2.34. The van der Waals surface area contributed by atoms with Crippen LogP contribution < -0.4 is 9.80 Å². The molecule has 0 N–H and O–H groups in total. The van der Waals surface area contributed by atoms with E-state index in [0.717, 1.165) is 62.2 Å². The second kappa shape index (κ2) is 8.62. The Kier molecular flexibility index (Phi) is 5.56. The second-order valence-corrected chi connectivity index (χ2v) is 8.74. The summed E-state index contributed by atoms with van der Waals surface area (Å²) in [5, 5.41) is 0. The van der Waals surface area contributed by atoms with Crippen molar-refractivity contribution in [1.29, 1.82) is 0 Å². The van der Waals surface area contributed by atoms with Crippen LogP contribution in [0.25, 0.3) is 0 Å². The van der Waals surface area contributed by atoms with Crippen molar-refractivity contribution in [2.24, 2.45) is 0 Å². The van der Waals surface area contributed by atoms with Gasteiger partial charge in [0.2, 0.25) is 11.9 Å². The number of hydrogen-bond donors (Lipinski definition) is 0. The molecular formula is C24H31N5O. The Balaban J connectivity index is 1.41. The second-order valence-electron chi connectivity index (χ2n) is 8.74. The van der Waals surface area contributed by atoms with E-state index in [4.69, 9.17) is 9.97 Å². The highest BCUT2D eigenvalue weighted by molar-refractivity contribution is 5.79. The Bertz CT molecular complexity index is 888. The molecule has 0 saturated carbocycles. The highest BCUT2D eigenvalue weighted by Gasteiger charge is 2.29. The summed E-state index contributed by atoms with van der Waals surface area (Å²) in [5.74, 6) is 2.18. The van der Waals surface area contributed by atoms with Crippen LogP contribution in [0.5, 0.6) is 0 Å². The van der Waals surface area contributed by atoms with Gasteiger partial charge in [0.25, 0.3) is 0 Å². The van der Waals surface area contributed by atoms with E-state index in [1.165, 1.54) is 37.7 Å². The predicted octanol–water partition coefficient (Wildman–Crippen LogP) is 3.19. The summed E-state index contributed by atoms with van der Waals surface area (Å²) in [6.07, 6.45) is 7.46. The maximum atomic E-state index is 13.0. The molecule has 1 amide bonds. The average molecular weight is 406 g/mol. The van der Waals surface area contributed by atoms with Gasteiger partial charge in [-0.1, -0.05) is 30.3 Å². The van der Waals surface area contributed by atoms with E-state index in [-0.39, 0.29) is 5.91 Å². The first-order valence-electron chi connectivity index (χ1n) is 11.5. The summed E-state index contributed by atoms with van der Waals surface area (Å²) in [5.41, 5.74) is 3.39. The van der Waals surface area contributed by atoms with Crippen molar-refractivity contribution < 1.29 is 4.79 Å². The fourth-order valence-electron chi connectivity index (χ4n) is 4.90. The van der Waals surface area contributed by atoms with E-state index >= 15 is 0 Å². The first kappa shape index (κ1) is 19.3. The van der Waals surface area contributed by atoms with Gasteiger partial charge in [-0.25, -0.2) is 4.98 Å². The molecule has 30 heavy (non-hydrogen) atoms. The smallest absolute Gasteiger partial charge is 0.227 e. The number of piperidine rings is 1. The molecule has 3 aliphatic heterocycles. The molecule has 2 fully saturated rings. The summed E-state index contributed by atoms with van der Waals surface area (Å²) in [7, 11) is 0. The molecule has 1 aromatic heterocycles. The van der Waals surface area contributed by atoms with Crippen LogP contribution in [-0.2, 0) is 24.2 Å². The molecule has 1 aromatic carbocycles. The average Bonchev–Trinajstić information content (AvgIpc) is 3.34. The summed E-state index contributed by atoms with van der Waals surface area (Å²) in [6.45, 7) is 5.60. The Morgan fingerprint density at radius 3 is 2.30 bits per heavy atom. The minimum absolute atomic E-state index is 0.194. The zero-order valence-electron chi connectivity index (χ0n) is 17.7. The summed E-state index contributed by atoms with van der Waals surface area (Å²) in [6, 6.07) is 10.0. The van der Waals surface area contributed by atoms with E-state index in [0.29, 0.717) is 13.0 Å². The van der Waals surface area contributed by atoms with Crippen molar-refractivity contribution in [3.8, 4) is 0 Å². The molecule has 0 atom stereocenters. The monoisotopic (exact) mass is 405 g/mol. The fourth-order valence-corrected chi connectivity index (χ4v) is 4.90. The van der Waals surface area contributed by atoms with Crippen LogP contribution in [0.2, 0.25) is 0 Å². The van der Waals surface area contributed by atoms with Gasteiger partial charge in [-0.15, -0.1) is 0 Å². The number of hydrogen-bond acceptors (Lipinski definition) is 5. The summed E-state index contributed by atoms with van der Waals surface area (Å²) in [4.78, 5) is 29.8. The van der Waals surface area contributed by atoms with Crippen LogP contribution in [-0.4, -0.2) is 53.5 Å². The number of aromatic nitrogens is 2. The standard InChI is InChI=1S/C24H31N5O/c30-22(17-19-9-3-1-4-10-19)29-16-11-21-20(18-29)23(27-12-7-8-13-27)26-24(25-21)28-14-5-2-6-15-28/h1,3-4,9-10H,2,5-8,11-18H2. The molecule has 0 spiro atoms. The van der Waals surface area contributed by atoms with Crippen LogP contribution in [0, 0.1) is 0 Å². The van der Waals surface area contributed by atoms with Gasteiger partial charge in [-0.3, -0.25) is 4.79 Å². The van der Waals surface area contributed by atoms with Crippen molar-refractivity contribution >= 4 is 17.7 Å². The third kappa shape index (κ3) is 4.00. The fraction of sp³-hybridized carbons (Fsp3) is 0.542. The molecule has 2 saturated heterocycles. The molecule has 158 valence electrons. The van der Waals surface area contributed by atoms with Crippen molar-refractivity contribution in [2.45, 2.75) is 51.5 Å². The number of benzene rings is 1. The normalized spacial score (nSPS) is 19.1. The third-order valence-corrected chi connectivity index (χ3v) is 6.62. The molecule has 4 heterocycles. The van der Waals surface area contributed by atoms with Gasteiger partial charge in [0.1, 0.15) is 5.82 Å². The van der Waals surface area contributed by atoms with Crippen LogP contribution in [0.1, 0.15) is 48.9 Å². The van der Waals surface area contributed by atoms with E-state index in [1.807, 2.05) is 35.2 Å². The number of nitrogens with zero attached hydrogens (tertiary/aromatic N) is 5. The largest absolute Gasteiger partial charge is 0.356 e. The van der Waals surface area contributed by atoms with E-state index in [1.54, 1.807) is 0 Å². The van der Waals surface area contributed by atoms with Crippen LogP contribution >= 0.6 is 0 Å². The zero-order valence-corrected chi connectivity index (χ0v) is 17.7. The zero-order chi connectivity index (χ0) is 20.3. The Morgan fingerprint density at radius 1 is 0.833 bits per heavy atom. The lowest BCUT2D eigenvalue weighted by molar-refractivity contribution is -0.131. The van der Waals surface area contributed by atoms with Crippen LogP contribution in [0.15, 0.2) is 30.3 Å². The maximum Gasteiger partial charge on any atom is 0.227 e. The SMILES string of the molecule is O=C(Cc1ccccc1)N1CCc2nc(N3CCCCC3)nc(N3CCCC3)c2C1. The molecule has 0 radical (unpaired) electrons. The molecular weight excluding hydrogens is 374 g/mol. The molecule has 6 nitrogen and oxygen atoms in total. The Morgan fingerprint density at radius 2 is 1.53 bits per heavy atom. The van der Waals surface area contributed by atoms with E-state index < -0.39 is 0 Å². The van der Waals surface area contributed by atoms with Crippen molar-refractivity contribution in [3.05, 3.63) is 47.2 Å². The highest BCUT2D eigenvalue weighted by Crippen LogP contribution is 2.32. The van der Waals surface area contributed by atoms with Gasteiger partial charge in [-0.05, 0) is 37.7 Å². The molecule has 2 aromatic rings. The minimum atomic E-state index is 0.194. The van der Waals surface area contributed by atoms with Crippen molar-refractivity contribution in [3.63, 3.8) is 0 Å². The topological polar surface area (TPSA) is 52.6 Å². The number of amides is 1. The molecule has 5 rings (SSSR count). The van der Waals surface area contributed by atoms with Crippen LogP contribution in [0.4, 0.5) is 11.8 Å². The number of fused-ring (bicyclic) bond motifs is 1. The first-order valence-corrected chi connectivity index (χ1v) is 11.5. The summed E-state index contributed by atoms with van der Waals surface area (Å²) >= 11 is 0. The van der Waals surface area contributed by atoms with Crippen molar-refractivity contribution in [1.82, 2.24) is 14.9 Å². The summed E-state index contributed by atoms with van der Waals surface area (Å²) < 4.78 is 0. The van der Waals surface area contributed by atoms with Crippen LogP contribution in [0.3, 0.4) is 0 Å². The van der Waals surface area contributed by atoms with Gasteiger partial charge in [0.15, 0.2) is 0 Å². The quantitative estimate of drug-likeness (QED) is 0.782.